The standard InChI is InChI=1S/C23H26N2O8S/c1-24(2)21(26)15-10-16-19(11-18(15)33-8-4-7-32-3)34(30,31)12-13-9-17(23(28)29)22(27)25(20(13)16)14-5-6-14/h9-11,14H,4-8,12H2,1-3H3,(H,28,29). The molecule has 4 rings (SSSR count). The number of ether oxygens (including phenoxy) is 2. The van der Waals surface area contributed by atoms with Gasteiger partial charge in [-0.25, -0.2) is 13.2 Å². The molecule has 11 heteroatoms. The number of amides is 1. The van der Waals surface area contributed by atoms with Crippen molar-refractivity contribution in [3.05, 3.63) is 45.2 Å². The van der Waals surface area contributed by atoms with E-state index in [1.54, 1.807) is 21.2 Å². The highest BCUT2D eigenvalue weighted by Crippen LogP contribution is 2.45. The molecule has 0 atom stereocenters. The molecule has 0 radical (unpaired) electrons. The second-order valence-electron chi connectivity index (χ2n) is 8.64. The minimum Gasteiger partial charge on any atom is -0.493 e. The molecule has 1 aromatic carbocycles. The summed E-state index contributed by atoms with van der Waals surface area (Å²) in [5.74, 6) is -2.12. The van der Waals surface area contributed by atoms with Crippen molar-refractivity contribution in [2.45, 2.75) is 36.0 Å². The van der Waals surface area contributed by atoms with Crippen LogP contribution in [0.5, 0.6) is 5.75 Å². The minimum atomic E-state index is -3.89. The first-order valence-corrected chi connectivity index (χ1v) is 12.5. The van der Waals surface area contributed by atoms with E-state index in [9.17, 15) is 27.9 Å². The lowest BCUT2D eigenvalue weighted by molar-refractivity contribution is 0.0693. The number of fused-ring (bicyclic) bond motifs is 3. The van der Waals surface area contributed by atoms with E-state index < -0.39 is 38.6 Å². The first kappa shape index (κ1) is 24.0. The molecule has 1 aliphatic carbocycles. The maximum atomic E-state index is 13.2. The normalized spacial score (nSPS) is 15.9. The lowest BCUT2D eigenvalue weighted by Gasteiger charge is -2.26. The summed E-state index contributed by atoms with van der Waals surface area (Å²) in [7, 11) is 0.803. The number of pyridine rings is 1. The largest absolute Gasteiger partial charge is 0.493 e. The van der Waals surface area contributed by atoms with Crippen molar-refractivity contribution in [3.8, 4) is 17.0 Å². The third-order valence-electron chi connectivity index (χ3n) is 5.86. The number of methoxy groups -OCH3 is 1. The van der Waals surface area contributed by atoms with Gasteiger partial charge in [0.2, 0.25) is 0 Å². The molecular weight excluding hydrogens is 464 g/mol. The Balaban J connectivity index is 1.99. The lowest BCUT2D eigenvalue weighted by Crippen LogP contribution is -2.31. The molecule has 2 aliphatic rings. The fourth-order valence-corrected chi connectivity index (χ4v) is 5.70. The van der Waals surface area contributed by atoms with Gasteiger partial charge in [0.15, 0.2) is 9.84 Å². The van der Waals surface area contributed by atoms with Crippen LogP contribution < -0.4 is 10.3 Å². The molecule has 1 amide bonds. The van der Waals surface area contributed by atoms with Crippen molar-refractivity contribution in [2.75, 3.05) is 34.4 Å². The van der Waals surface area contributed by atoms with Crippen molar-refractivity contribution < 1.29 is 32.6 Å². The van der Waals surface area contributed by atoms with Crippen LogP contribution in [0.1, 0.15) is 51.6 Å². The average Bonchev–Trinajstić information content (AvgIpc) is 3.60. The third-order valence-corrected chi connectivity index (χ3v) is 7.56. The summed E-state index contributed by atoms with van der Waals surface area (Å²) >= 11 is 0. The van der Waals surface area contributed by atoms with Crippen LogP contribution in [0.3, 0.4) is 0 Å². The van der Waals surface area contributed by atoms with E-state index in [0.29, 0.717) is 31.6 Å². The summed E-state index contributed by atoms with van der Waals surface area (Å²) in [6.45, 7) is 0.652. The highest BCUT2D eigenvalue weighted by molar-refractivity contribution is 7.90. The number of hydrogen-bond acceptors (Lipinski definition) is 7. The molecule has 1 aromatic heterocycles. The van der Waals surface area contributed by atoms with E-state index in [0.717, 1.165) is 6.07 Å². The Morgan fingerprint density at radius 1 is 1.15 bits per heavy atom. The topological polar surface area (TPSA) is 132 Å². The summed E-state index contributed by atoms with van der Waals surface area (Å²) in [5, 5.41) is 9.52. The van der Waals surface area contributed by atoms with Gasteiger partial charge in [-0.2, -0.15) is 0 Å². The van der Waals surface area contributed by atoms with Crippen molar-refractivity contribution in [1.82, 2.24) is 9.47 Å². The molecule has 2 aromatic rings. The molecule has 0 bridgehead atoms. The average molecular weight is 491 g/mol. The zero-order valence-corrected chi connectivity index (χ0v) is 20.0. The second kappa shape index (κ2) is 8.88. The number of aromatic carboxylic acids is 1. The smallest absolute Gasteiger partial charge is 0.341 e. The number of rotatable bonds is 8. The number of benzene rings is 1. The molecule has 182 valence electrons. The number of hydrogen-bond donors (Lipinski definition) is 1. The molecule has 1 saturated carbocycles. The van der Waals surface area contributed by atoms with Crippen LogP contribution in [-0.4, -0.2) is 69.3 Å². The van der Waals surface area contributed by atoms with Gasteiger partial charge in [-0.15, -0.1) is 0 Å². The highest BCUT2D eigenvalue weighted by atomic mass is 32.2. The van der Waals surface area contributed by atoms with Gasteiger partial charge in [-0.1, -0.05) is 0 Å². The number of aromatic nitrogens is 1. The molecule has 34 heavy (non-hydrogen) atoms. The third kappa shape index (κ3) is 4.21. The van der Waals surface area contributed by atoms with E-state index in [-0.39, 0.29) is 40.0 Å². The molecule has 10 nitrogen and oxygen atoms in total. The van der Waals surface area contributed by atoms with Crippen LogP contribution in [0.2, 0.25) is 0 Å². The molecule has 2 heterocycles. The Bertz CT molecular complexity index is 1340. The Labute approximate surface area is 196 Å². The first-order chi connectivity index (χ1) is 16.1. The van der Waals surface area contributed by atoms with Crippen molar-refractivity contribution in [3.63, 3.8) is 0 Å². The highest BCUT2D eigenvalue weighted by Gasteiger charge is 2.38. The zero-order valence-electron chi connectivity index (χ0n) is 19.2. The number of nitrogens with zero attached hydrogens (tertiary/aromatic N) is 2. The second-order valence-corrected chi connectivity index (χ2v) is 10.6. The van der Waals surface area contributed by atoms with E-state index in [1.807, 2.05) is 0 Å². The van der Waals surface area contributed by atoms with Gasteiger partial charge < -0.3 is 24.0 Å². The number of carbonyl (C=O) groups excluding carboxylic acids is 1. The summed E-state index contributed by atoms with van der Waals surface area (Å²) in [5.41, 5.74) is -0.209. The van der Waals surface area contributed by atoms with Crippen LogP contribution in [0.25, 0.3) is 11.3 Å². The van der Waals surface area contributed by atoms with Gasteiger partial charge in [0, 0.05) is 51.9 Å². The Morgan fingerprint density at radius 2 is 1.85 bits per heavy atom. The quantitative estimate of drug-likeness (QED) is 0.556. The summed E-state index contributed by atoms with van der Waals surface area (Å²) in [4.78, 5) is 39.0. The summed E-state index contributed by atoms with van der Waals surface area (Å²) in [6.07, 6.45) is 1.90. The van der Waals surface area contributed by atoms with Gasteiger partial charge in [-0.3, -0.25) is 9.59 Å². The van der Waals surface area contributed by atoms with Crippen LogP contribution in [0.4, 0.5) is 0 Å². The Morgan fingerprint density at radius 3 is 2.44 bits per heavy atom. The lowest BCUT2D eigenvalue weighted by atomic mass is 9.99. The predicted molar refractivity (Wildman–Crippen MR) is 122 cm³/mol. The van der Waals surface area contributed by atoms with Gasteiger partial charge in [0.1, 0.15) is 11.3 Å². The molecule has 0 unspecified atom stereocenters. The number of carboxylic acid groups (broad SMARTS) is 1. The van der Waals surface area contributed by atoms with Crippen LogP contribution in [-0.2, 0) is 20.3 Å². The number of sulfone groups is 1. The van der Waals surface area contributed by atoms with E-state index in [1.165, 1.54) is 21.6 Å². The summed E-state index contributed by atoms with van der Waals surface area (Å²) in [6, 6.07) is 3.70. The van der Waals surface area contributed by atoms with Crippen LogP contribution >= 0.6 is 0 Å². The number of carboxylic acids is 1. The van der Waals surface area contributed by atoms with Gasteiger partial charge >= 0.3 is 5.97 Å². The predicted octanol–water partition coefficient (Wildman–Crippen LogP) is 1.95. The Kier molecular flexibility index (Phi) is 6.26. The monoisotopic (exact) mass is 490 g/mol. The fourth-order valence-electron chi connectivity index (χ4n) is 4.14. The molecular formula is C23H26N2O8S. The van der Waals surface area contributed by atoms with Gasteiger partial charge in [0.25, 0.3) is 11.5 Å². The van der Waals surface area contributed by atoms with Crippen molar-refractivity contribution in [1.29, 1.82) is 0 Å². The minimum absolute atomic E-state index is 0.0473. The molecule has 1 N–H and O–H groups in total. The SMILES string of the molecule is COCCCOc1cc2c(cc1C(=O)N(C)C)-c1c(cc(C(=O)O)c(=O)n1C1CC1)CS2(=O)=O. The van der Waals surface area contributed by atoms with Crippen molar-refractivity contribution >= 4 is 21.7 Å². The summed E-state index contributed by atoms with van der Waals surface area (Å²) < 4.78 is 38.7. The van der Waals surface area contributed by atoms with Crippen LogP contribution in [0, 0.1) is 0 Å². The molecule has 0 spiro atoms. The Hall–Kier alpha value is -3.18. The maximum absolute atomic E-state index is 13.2. The molecule has 1 aliphatic heterocycles. The van der Waals surface area contributed by atoms with Crippen molar-refractivity contribution in [2.24, 2.45) is 0 Å². The van der Waals surface area contributed by atoms with Gasteiger partial charge in [-0.05, 0) is 30.5 Å². The number of carbonyl (C=O) groups is 2. The zero-order chi connectivity index (χ0) is 24.8. The first-order valence-electron chi connectivity index (χ1n) is 10.8. The van der Waals surface area contributed by atoms with Gasteiger partial charge in [0.05, 0.1) is 28.5 Å². The van der Waals surface area contributed by atoms with E-state index in [2.05, 4.69) is 0 Å². The fraction of sp³-hybridized carbons (Fsp3) is 0.435. The van der Waals surface area contributed by atoms with E-state index >= 15 is 0 Å². The molecule has 1 fully saturated rings. The maximum Gasteiger partial charge on any atom is 0.341 e. The van der Waals surface area contributed by atoms with Crippen LogP contribution in [0.15, 0.2) is 27.9 Å². The molecule has 0 saturated heterocycles. The van der Waals surface area contributed by atoms with E-state index in [4.69, 9.17) is 9.47 Å².